The third kappa shape index (κ3) is 3.60. The van der Waals surface area contributed by atoms with Gasteiger partial charge in [-0.3, -0.25) is 9.78 Å². The molecule has 0 unspecified atom stereocenters. The van der Waals surface area contributed by atoms with Gasteiger partial charge in [0.2, 0.25) is 0 Å². The van der Waals surface area contributed by atoms with Gasteiger partial charge in [0.05, 0.1) is 31.3 Å². The normalized spacial score (nSPS) is 20.1. The number of nitrogens with zero attached hydrogens (tertiary/aromatic N) is 2. The smallest absolute Gasteiger partial charge is 0.307 e. The molecule has 1 aliphatic heterocycles. The maximum Gasteiger partial charge on any atom is 0.307 e. The number of halogens is 1. The third-order valence-electron chi connectivity index (χ3n) is 3.86. The van der Waals surface area contributed by atoms with Crippen LogP contribution in [-0.4, -0.2) is 34.6 Å². The Kier molecular flexibility index (Phi) is 5.47. The summed E-state index contributed by atoms with van der Waals surface area (Å²) in [5.41, 5.74) is 0.926. The third-order valence-corrected chi connectivity index (χ3v) is 5.98. The van der Waals surface area contributed by atoms with Crippen molar-refractivity contribution in [1.29, 1.82) is 0 Å². The largest absolute Gasteiger partial charge is 0.469 e. The van der Waals surface area contributed by atoms with Crippen molar-refractivity contribution in [3.63, 3.8) is 0 Å². The van der Waals surface area contributed by atoms with Crippen LogP contribution in [0, 0.1) is 0 Å². The highest BCUT2D eigenvalue weighted by atomic mass is 79.9. The maximum atomic E-state index is 11.5. The molecule has 8 heteroatoms. The summed E-state index contributed by atoms with van der Waals surface area (Å²) in [5, 5.41) is 6.03. The average molecular weight is 426 g/mol. The Balaban J connectivity index is 1.92. The SMILES string of the molecule is COC(=O)CCN1C(=S)N[C@@H](c2ccccn2)[C@H]1c1cc(Br)cs1. The number of esters is 1. The van der Waals surface area contributed by atoms with Crippen molar-refractivity contribution in [2.45, 2.75) is 18.5 Å². The number of carbonyl (C=O) groups excluding carboxylic acids is 1. The minimum Gasteiger partial charge on any atom is -0.469 e. The number of methoxy groups -OCH3 is 1. The van der Waals surface area contributed by atoms with E-state index in [2.05, 4.69) is 32.3 Å². The first-order valence-corrected chi connectivity index (χ1v) is 9.47. The highest BCUT2D eigenvalue weighted by Gasteiger charge is 2.40. The van der Waals surface area contributed by atoms with Gasteiger partial charge < -0.3 is 15.0 Å². The number of thiophene rings is 1. The summed E-state index contributed by atoms with van der Waals surface area (Å²) >= 11 is 10.7. The number of rotatable bonds is 5. The molecule has 126 valence electrons. The molecule has 1 fully saturated rings. The fourth-order valence-electron chi connectivity index (χ4n) is 2.75. The Morgan fingerprint density at radius 1 is 1.54 bits per heavy atom. The quantitative estimate of drug-likeness (QED) is 0.584. The number of carbonyl (C=O) groups is 1. The van der Waals surface area contributed by atoms with Crippen molar-refractivity contribution in [2.75, 3.05) is 13.7 Å². The molecule has 2 aromatic rings. The Hall–Kier alpha value is -1.51. The Morgan fingerprint density at radius 3 is 3.00 bits per heavy atom. The van der Waals surface area contributed by atoms with E-state index in [0.717, 1.165) is 15.0 Å². The molecule has 0 aromatic carbocycles. The predicted molar refractivity (Wildman–Crippen MR) is 101 cm³/mol. The number of hydrogen-bond donors (Lipinski definition) is 1. The monoisotopic (exact) mass is 425 g/mol. The topological polar surface area (TPSA) is 54.5 Å². The van der Waals surface area contributed by atoms with Crippen molar-refractivity contribution >= 4 is 50.6 Å². The molecule has 3 rings (SSSR count). The van der Waals surface area contributed by atoms with Crippen molar-refractivity contribution in [2.24, 2.45) is 0 Å². The standard InChI is InChI=1S/C16H16BrN3O2S2/c1-22-13(21)5-7-20-15(12-8-10(17)9-24-12)14(19-16(20)23)11-4-2-3-6-18-11/h2-4,6,8-9,14-15H,5,7H2,1H3,(H,19,23)/t14-,15+/m0/s1. The van der Waals surface area contributed by atoms with Crippen LogP contribution < -0.4 is 5.32 Å². The van der Waals surface area contributed by atoms with Gasteiger partial charge in [-0.15, -0.1) is 11.3 Å². The van der Waals surface area contributed by atoms with Crippen LogP contribution in [-0.2, 0) is 9.53 Å². The van der Waals surface area contributed by atoms with Gasteiger partial charge in [0, 0.05) is 27.5 Å². The average Bonchev–Trinajstić information content (AvgIpc) is 3.16. The van der Waals surface area contributed by atoms with E-state index in [1.165, 1.54) is 7.11 Å². The first-order valence-electron chi connectivity index (χ1n) is 7.39. The number of pyridine rings is 1. The van der Waals surface area contributed by atoms with Gasteiger partial charge in [-0.05, 0) is 46.3 Å². The Bertz CT molecular complexity index is 738. The molecule has 1 aliphatic rings. The minimum atomic E-state index is -0.245. The molecular weight excluding hydrogens is 410 g/mol. The van der Waals surface area contributed by atoms with Crippen LogP contribution in [0.5, 0.6) is 0 Å². The van der Waals surface area contributed by atoms with Gasteiger partial charge >= 0.3 is 5.97 Å². The van der Waals surface area contributed by atoms with Gasteiger partial charge in [-0.1, -0.05) is 6.07 Å². The van der Waals surface area contributed by atoms with Crippen molar-refractivity contribution < 1.29 is 9.53 Å². The molecule has 3 heterocycles. The summed E-state index contributed by atoms with van der Waals surface area (Å²) < 4.78 is 5.79. The molecule has 2 atom stereocenters. The van der Waals surface area contributed by atoms with Crippen LogP contribution in [0.2, 0.25) is 0 Å². The second-order valence-electron chi connectivity index (χ2n) is 5.31. The van der Waals surface area contributed by atoms with Crippen LogP contribution in [0.3, 0.4) is 0 Å². The van der Waals surface area contributed by atoms with Crippen LogP contribution in [0.15, 0.2) is 40.3 Å². The number of thiocarbonyl (C=S) groups is 1. The summed E-state index contributed by atoms with van der Waals surface area (Å²) in [6.45, 7) is 0.502. The molecule has 0 amide bonds. The number of nitrogens with one attached hydrogen (secondary N) is 1. The molecule has 2 aromatic heterocycles. The van der Waals surface area contributed by atoms with Crippen LogP contribution in [0.4, 0.5) is 0 Å². The molecular formula is C16H16BrN3O2S2. The summed E-state index contributed by atoms with van der Waals surface area (Å²) in [5.74, 6) is -0.245. The van der Waals surface area contributed by atoms with Gasteiger partial charge in [-0.2, -0.15) is 0 Å². The Morgan fingerprint density at radius 2 is 2.38 bits per heavy atom. The molecule has 0 saturated carbocycles. The lowest BCUT2D eigenvalue weighted by Crippen LogP contribution is -2.31. The van der Waals surface area contributed by atoms with E-state index >= 15 is 0 Å². The molecule has 24 heavy (non-hydrogen) atoms. The first-order chi connectivity index (χ1) is 11.6. The molecule has 0 bridgehead atoms. The van der Waals surface area contributed by atoms with Crippen molar-refractivity contribution in [3.8, 4) is 0 Å². The van der Waals surface area contributed by atoms with E-state index in [9.17, 15) is 4.79 Å². The van der Waals surface area contributed by atoms with E-state index in [-0.39, 0.29) is 24.5 Å². The van der Waals surface area contributed by atoms with Crippen LogP contribution in [0.25, 0.3) is 0 Å². The molecule has 0 aliphatic carbocycles. The molecule has 1 saturated heterocycles. The summed E-state index contributed by atoms with van der Waals surface area (Å²) in [6, 6.07) is 7.87. The zero-order chi connectivity index (χ0) is 17.1. The minimum absolute atomic E-state index is 0.00615. The van der Waals surface area contributed by atoms with Gasteiger partial charge in [0.1, 0.15) is 0 Å². The summed E-state index contributed by atoms with van der Waals surface area (Å²) in [6.07, 6.45) is 2.06. The number of ether oxygens (including phenoxy) is 1. The second-order valence-corrected chi connectivity index (χ2v) is 7.56. The lowest BCUT2D eigenvalue weighted by Gasteiger charge is -2.26. The van der Waals surface area contributed by atoms with Crippen molar-refractivity contribution in [3.05, 3.63) is 50.9 Å². The lowest BCUT2D eigenvalue weighted by molar-refractivity contribution is -0.140. The Labute approximate surface area is 158 Å². The number of hydrogen-bond acceptors (Lipinski definition) is 5. The van der Waals surface area contributed by atoms with E-state index in [1.807, 2.05) is 28.5 Å². The van der Waals surface area contributed by atoms with E-state index < -0.39 is 0 Å². The molecule has 0 spiro atoms. The van der Waals surface area contributed by atoms with Gasteiger partial charge in [0.25, 0.3) is 0 Å². The number of aromatic nitrogens is 1. The zero-order valence-corrected chi connectivity index (χ0v) is 16.2. The van der Waals surface area contributed by atoms with E-state index in [1.54, 1.807) is 17.5 Å². The lowest BCUT2D eigenvalue weighted by atomic mass is 10.0. The summed E-state index contributed by atoms with van der Waals surface area (Å²) in [7, 11) is 1.40. The maximum absolute atomic E-state index is 11.5. The zero-order valence-electron chi connectivity index (χ0n) is 12.9. The second kappa shape index (κ2) is 7.58. The first kappa shape index (κ1) is 17.3. The summed E-state index contributed by atoms with van der Waals surface area (Å²) in [4.78, 5) is 19.2. The highest BCUT2D eigenvalue weighted by Crippen LogP contribution is 2.41. The molecule has 5 nitrogen and oxygen atoms in total. The molecule has 1 N–H and O–H groups in total. The fraction of sp³-hybridized carbons (Fsp3) is 0.312. The van der Waals surface area contributed by atoms with Crippen LogP contribution >= 0.6 is 39.5 Å². The van der Waals surface area contributed by atoms with Crippen LogP contribution in [0.1, 0.15) is 29.1 Å². The molecule has 0 radical (unpaired) electrons. The predicted octanol–water partition coefficient (Wildman–Crippen LogP) is 3.44. The van der Waals surface area contributed by atoms with Gasteiger partial charge in [-0.25, -0.2) is 0 Å². The fourth-order valence-corrected chi connectivity index (χ4v) is 4.68. The highest BCUT2D eigenvalue weighted by molar-refractivity contribution is 9.10. The van der Waals surface area contributed by atoms with Gasteiger partial charge in [0.15, 0.2) is 5.11 Å². The van der Waals surface area contributed by atoms with Crippen molar-refractivity contribution in [1.82, 2.24) is 15.2 Å². The van der Waals surface area contributed by atoms with E-state index in [4.69, 9.17) is 17.0 Å². The van der Waals surface area contributed by atoms with E-state index in [0.29, 0.717) is 11.7 Å².